The van der Waals surface area contributed by atoms with Gasteiger partial charge in [-0.3, -0.25) is 4.79 Å². The number of rotatable bonds is 5. The molecular formula is C14H15N3O4. The van der Waals surface area contributed by atoms with Crippen molar-refractivity contribution in [1.82, 2.24) is 10.3 Å². The van der Waals surface area contributed by atoms with Crippen molar-refractivity contribution in [3.63, 3.8) is 0 Å². The average molecular weight is 289 g/mol. The first-order valence-corrected chi connectivity index (χ1v) is 6.29. The highest BCUT2D eigenvalue weighted by Gasteiger charge is 2.19. The van der Waals surface area contributed by atoms with Crippen molar-refractivity contribution in [2.75, 3.05) is 5.73 Å². The van der Waals surface area contributed by atoms with Crippen LogP contribution in [0.1, 0.15) is 23.2 Å². The molecule has 0 aliphatic carbocycles. The molecule has 1 unspecified atom stereocenters. The normalized spacial score (nSPS) is 11.7. The second-order valence-corrected chi connectivity index (χ2v) is 4.32. The van der Waals surface area contributed by atoms with Gasteiger partial charge in [-0.2, -0.15) is 0 Å². The molecule has 2 aromatic heterocycles. The molecule has 1 atom stereocenters. The molecule has 0 bridgehead atoms. The van der Waals surface area contributed by atoms with E-state index in [1.54, 1.807) is 12.1 Å². The van der Waals surface area contributed by atoms with Crippen LogP contribution in [0, 0.1) is 0 Å². The number of aromatic nitrogens is 1. The number of hydrogen-bond donors (Lipinski definition) is 2. The van der Waals surface area contributed by atoms with Crippen LogP contribution in [0.5, 0.6) is 0 Å². The van der Waals surface area contributed by atoms with E-state index in [1.165, 1.54) is 31.5 Å². The molecule has 0 saturated heterocycles. The minimum absolute atomic E-state index is 0.0925. The summed E-state index contributed by atoms with van der Waals surface area (Å²) in [6.07, 6.45) is 1.92. The summed E-state index contributed by atoms with van der Waals surface area (Å²) in [4.78, 5) is 27.4. The number of amides is 1. The first kappa shape index (κ1) is 14.6. The summed E-state index contributed by atoms with van der Waals surface area (Å²) in [7, 11) is 0. The second kappa shape index (κ2) is 6.56. The van der Waals surface area contributed by atoms with E-state index >= 15 is 0 Å². The number of anilines is 1. The fourth-order valence-corrected chi connectivity index (χ4v) is 1.53. The van der Waals surface area contributed by atoms with Gasteiger partial charge in [0.15, 0.2) is 6.10 Å². The van der Waals surface area contributed by atoms with Crippen LogP contribution in [0.2, 0.25) is 0 Å². The summed E-state index contributed by atoms with van der Waals surface area (Å²) in [6.45, 7) is 1.71. The highest BCUT2D eigenvalue weighted by molar-refractivity contribution is 5.90. The van der Waals surface area contributed by atoms with Gasteiger partial charge in [0.05, 0.1) is 24.7 Å². The first-order chi connectivity index (χ1) is 10.1. The lowest BCUT2D eigenvalue weighted by atomic mass is 10.3. The molecule has 7 nitrogen and oxygen atoms in total. The Kier molecular flexibility index (Phi) is 4.55. The molecule has 2 rings (SSSR count). The van der Waals surface area contributed by atoms with Crippen molar-refractivity contribution in [1.29, 1.82) is 0 Å². The molecular weight excluding hydrogens is 274 g/mol. The third-order valence-corrected chi connectivity index (χ3v) is 2.67. The number of furan rings is 1. The van der Waals surface area contributed by atoms with E-state index in [1.807, 2.05) is 0 Å². The zero-order valence-corrected chi connectivity index (χ0v) is 11.4. The van der Waals surface area contributed by atoms with Crippen LogP contribution in [-0.4, -0.2) is 23.0 Å². The van der Waals surface area contributed by atoms with Crippen LogP contribution in [0.15, 0.2) is 41.1 Å². The smallest absolute Gasteiger partial charge is 0.357 e. The summed E-state index contributed by atoms with van der Waals surface area (Å²) in [5.74, 6) is -0.493. The van der Waals surface area contributed by atoms with Crippen LogP contribution >= 0.6 is 0 Å². The summed E-state index contributed by atoms with van der Waals surface area (Å²) in [6, 6.07) is 6.42. The molecule has 1 amide bonds. The van der Waals surface area contributed by atoms with Crippen molar-refractivity contribution in [2.24, 2.45) is 0 Å². The fraction of sp³-hybridized carbons (Fsp3) is 0.214. The standard InChI is InChI=1S/C14H15N3O4/c1-9(13(18)17-8-11-3-2-6-20-11)21-14(19)12-5-4-10(15)7-16-12/h2-7,9H,8,15H2,1H3,(H,17,18). The van der Waals surface area contributed by atoms with Crippen molar-refractivity contribution in [3.05, 3.63) is 48.2 Å². The summed E-state index contributed by atoms with van der Waals surface area (Å²) >= 11 is 0. The number of ether oxygens (including phenoxy) is 1. The monoisotopic (exact) mass is 289 g/mol. The maximum atomic E-state index is 11.8. The summed E-state index contributed by atoms with van der Waals surface area (Å²) < 4.78 is 10.1. The molecule has 0 aromatic carbocycles. The summed E-state index contributed by atoms with van der Waals surface area (Å²) in [5, 5.41) is 2.60. The quantitative estimate of drug-likeness (QED) is 0.799. The molecule has 0 radical (unpaired) electrons. The van der Waals surface area contributed by atoms with Crippen LogP contribution in [0.3, 0.4) is 0 Å². The van der Waals surface area contributed by atoms with Crippen molar-refractivity contribution in [2.45, 2.75) is 19.6 Å². The third-order valence-electron chi connectivity index (χ3n) is 2.67. The van der Waals surface area contributed by atoms with E-state index in [0.29, 0.717) is 11.4 Å². The number of nitrogens with one attached hydrogen (secondary N) is 1. The lowest BCUT2D eigenvalue weighted by Crippen LogP contribution is -2.35. The second-order valence-electron chi connectivity index (χ2n) is 4.32. The molecule has 110 valence electrons. The van der Waals surface area contributed by atoms with Crippen molar-refractivity contribution < 1.29 is 18.7 Å². The largest absolute Gasteiger partial charge is 0.467 e. The Morgan fingerprint density at radius 1 is 1.43 bits per heavy atom. The minimum atomic E-state index is -0.938. The van der Waals surface area contributed by atoms with Gasteiger partial charge in [-0.05, 0) is 31.2 Å². The molecule has 3 N–H and O–H groups in total. The number of carbonyl (C=O) groups excluding carboxylic acids is 2. The molecule has 0 spiro atoms. The van der Waals surface area contributed by atoms with Gasteiger partial charge in [0, 0.05) is 0 Å². The maximum Gasteiger partial charge on any atom is 0.357 e. The highest BCUT2D eigenvalue weighted by atomic mass is 16.5. The average Bonchev–Trinajstić information content (AvgIpc) is 2.98. The van der Waals surface area contributed by atoms with Gasteiger partial charge >= 0.3 is 5.97 Å². The van der Waals surface area contributed by atoms with E-state index in [9.17, 15) is 9.59 Å². The predicted molar refractivity (Wildman–Crippen MR) is 74.1 cm³/mol. The van der Waals surface area contributed by atoms with Gasteiger partial charge in [0.25, 0.3) is 5.91 Å². The van der Waals surface area contributed by atoms with E-state index in [0.717, 1.165) is 0 Å². The molecule has 0 aliphatic rings. The molecule has 21 heavy (non-hydrogen) atoms. The molecule has 2 heterocycles. The topological polar surface area (TPSA) is 107 Å². The Morgan fingerprint density at radius 2 is 2.24 bits per heavy atom. The first-order valence-electron chi connectivity index (χ1n) is 6.29. The number of nitrogens with zero attached hydrogens (tertiary/aromatic N) is 1. The molecule has 2 aromatic rings. The van der Waals surface area contributed by atoms with Gasteiger partial charge < -0.3 is 20.2 Å². The van der Waals surface area contributed by atoms with E-state index in [2.05, 4.69) is 10.3 Å². The number of carbonyl (C=O) groups is 2. The lowest BCUT2D eigenvalue weighted by molar-refractivity contribution is -0.129. The number of hydrogen-bond acceptors (Lipinski definition) is 6. The zero-order valence-electron chi connectivity index (χ0n) is 11.4. The lowest BCUT2D eigenvalue weighted by Gasteiger charge is -2.12. The Hall–Kier alpha value is -2.83. The van der Waals surface area contributed by atoms with Crippen molar-refractivity contribution in [3.8, 4) is 0 Å². The number of pyridine rings is 1. The zero-order chi connectivity index (χ0) is 15.2. The number of esters is 1. The van der Waals surface area contributed by atoms with Gasteiger partial charge in [-0.1, -0.05) is 0 Å². The highest BCUT2D eigenvalue weighted by Crippen LogP contribution is 2.05. The summed E-state index contributed by atoms with van der Waals surface area (Å²) in [5.41, 5.74) is 6.01. The van der Waals surface area contributed by atoms with Gasteiger partial charge in [-0.15, -0.1) is 0 Å². The Morgan fingerprint density at radius 3 is 2.86 bits per heavy atom. The number of nitrogens with two attached hydrogens (primary N) is 1. The molecule has 7 heteroatoms. The fourth-order valence-electron chi connectivity index (χ4n) is 1.53. The van der Waals surface area contributed by atoms with Gasteiger partial charge in [0.1, 0.15) is 11.5 Å². The third kappa shape index (κ3) is 4.07. The maximum absolute atomic E-state index is 11.8. The Labute approximate surface area is 121 Å². The Bertz CT molecular complexity index is 608. The minimum Gasteiger partial charge on any atom is -0.467 e. The SMILES string of the molecule is CC(OC(=O)c1ccc(N)cn1)C(=O)NCc1ccco1. The van der Waals surface area contributed by atoms with Crippen LogP contribution < -0.4 is 11.1 Å². The predicted octanol–water partition coefficient (Wildman–Crippen LogP) is 1.12. The molecule has 0 fully saturated rings. The molecule has 0 aliphatic heterocycles. The van der Waals surface area contributed by atoms with E-state index < -0.39 is 18.0 Å². The van der Waals surface area contributed by atoms with Gasteiger partial charge in [0.2, 0.25) is 0 Å². The van der Waals surface area contributed by atoms with Crippen molar-refractivity contribution >= 4 is 17.6 Å². The van der Waals surface area contributed by atoms with E-state index in [4.69, 9.17) is 14.9 Å². The van der Waals surface area contributed by atoms with Crippen LogP contribution in [-0.2, 0) is 16.1 Å². The van der Waals surface area contributed by atoms with Crippen LogP contribution in [0.4, 0.5) is 5.69 Å². The van der Waals surface area contributed by atoms with E-state index in [-0.39, 0.29) is 12.2 Å². The number of nitrogen functional groups attached to an aromatic ring is 1. The van der Waals surface area contributed by atoms with Gasteiger partial charge in [-0.25, -0.2) is 9.78 Å². The van der Waals surface area contributed by atoms with Crippen LogP contribution in [0.25, 0.3) is 0 Å². The molecule has 0 saturated carbocycles. The Balaban J connectivity index is 1.85.